The van der Waals surface area contributed by atoms with Gasteiger partial charge in [0.2, 0.25) is 0 Å². The first-order valence-corrected chi connectivity index (χ1v) is 12.6. The molecule has 3 aromatic heterocycles. The maximum absolute atomic E-state index is 10.0. The molecular weight excluding hydrogens is 454 g/mol. The highest BCUT2D eigenvalue weighted by molar-refractivity contribution is 5.68. The number of fused-ring (bicyclic) bond motifs is 1. The Balaban J connectivity index is 1.53. The van der Waals surface area contributed by atoms with Crippen molar-refractivity contribution < 1.29 is 9.84 Å². The summed E-state index contributed by atoms with van der Waals surface area (Å²) < 4.78 is 7.83. The average molecular weight is 488 g/mol. The summed E-state index contributed by atoms with van der Waals surface area (Å²) in [6, 6.07) is 10.2. The van der Waals surface area contributed by atoms with Crippen LogP contribution in [0.25, 0.3) is 28.4 Å². The molecule has 1 atom stereocenters. The fraction of sp³-hybridized carbons (Fsp3) is 0.407. The molecule has 2 N–H and O–H groups in total. The normalized spacial score (nSPS) is 15.2. The van der Waals surface area contributed by atoms with Gasteiger partial charge in [0.25, 0.3) is 0 Å². The predicted octanol–water partition coefficient (Wildman–Crippen LogP) is 3.58. The smallest absolute Gasteiger partial charge is 0.162 e. The third-order valence-electron chi connectivity index (χ3n) is 6.75. The van der Waals surface area contributed by atoms with Crippen LogP contribution in [0.4, 0.5) is 5.82 Å². The Hall–Kier alpha value is -3.56. The summed E-state index contributed by atoms with van der Waals surface area (Å²) in [5, 5.41) is 13.0. The topological polar surface area (TPSA) is 101 Å². The van der Waals surface area contributed by atoms with Crippen molar-refractivity contribution in [2.75, 3.05) is 32.1 Å². The highest BCUT2D eigenvalue weighted by Crippen LogP contribution is 2.31. The third-order valence-corrected chi connectivity index (χ3v) is 6.75. The zero-order valence-electron chi connectivity index (χ0n) is 20.8. The Kier molecular flexibility index (Phi) is 7.39. The largest absolute Gasteiger partial charge is 0.491 e. The molecule has 1 fully saturated rings. The van der Waals surface area contributed by atoms with E-state index in [2.05, 4.69) is 33.3 Å². The van der Waals surface area contributed by atoms with E-state index in [1.807, 2.05) is 41.1 Å². The Bertz CT molecular complexity index is 1300. The summed E-state index contributed by atoms with van der Waals surface area (Å²) >= 11 is 0. The molecule has 1 unspecified atom stereocenters. The molecule has 1 aliphatic rings. The highest BCUT2D eigenvalue weighted by atomic mass is 16.5. The van der Waals surface area contributed by atoms with Crippen molar-refractivity contribution in [1.29, 1.82) is 0 Å². The van der Waals surface area contributed by atoms with Crippen LogP contribution in [0.15, 0.2) is 55.1 Å². The van der Waals surface area contributed by atoms with Gasteiger partial charge in [-0.25, -0.2) is 15.0 Å². The molecule has 3 heterocycles. The van der Waals surface area contributed by atoms with Gasteiger partial charge in [-0.05, 0) is 32.0 Å². The van der Waals surface area contributed by atoms with Crippen LogP contribution in [-0.2, 0) is 0 Å². The number of hydrogen-bond acceptors (Lipinski definition) is 8. The number of nitrogens with one attached hydrogen (secondary N) is 1. The van der Waals surface area contributed by atoms with E-state index in [9.17, 15) is 5.11 Å². The number of hydrogen-bond donors (Lipinski definition) is 2. The van der Waals surface area contributed by atoms with Gasteiger partial charge in [-0.2, -0.15) is 0 Å². The van der Waals surface area contributed by atoms with E-state index in [4.69, 9.17) is 14.7 Å². The van der Waals surface area contributed by atoms with Gasteiger partial charge in [0.1, 0.15) is 24.3 Å². The standard InChI is InChI=1S/C27H33N7O2/c1-28-15-21(35)18-36-22-10-6-7-19(13-22)27-31-23(24-16-30-26-17-29-11-12-34(24)26)14-25(32-27)33(2)20-8-4-3-5-9-20/h6-7,10-14,16-17,20-21,28,35H,3-5,8-9,15,18H2,1-2H3. The fourth-order valence-electron chi connectivity index (χ4n) is 4.77. The second-order valence-corrected chi connectivity index (χ2v) is 9.34. The lowest BCUT2D eigenvalue weighted by molar-refractivity contribution is 0.108. The summed E-state index contributed by atoms with van der Waals surface area (Å²) in [6.45, 7) is 0.674. The first-order chi connectivity index (χ1) is 17.6. The van der Waals surface area contributed by atoms with Crippen molar-refractivity contribution in [3.8, 4) is 28.5 Å². The summed E-state index contributed by atoms with van der Waals surface area (Å²) in [5.41, 5.74) is 3.31. The van der Waals surface area contributed by atoms with Gasteiger partial charge in [0, 0.05) is 43.7 Å². The quantitative estimate of drug-likeness (QED) is 0.370. The maximum Gasteiger partial charge on any atom is 0.162 e. The molecule has 0 saturated heterocycles. The van der Waals surface area contributed by atoms with Gasteiger partial charge in [-0.15, -0.1) is 0 Å². The van der Waals surface area contributed by atoms with Crippen LogP contribution in [0.2, 0.25) is 0 Å². The van der Waals surface area contributed by atoms with Gasteiger partial charge in [0.05, 0.1) is 23.8 Å². The Morgan fingerprint density at radius 1 is 1.17 bits per heavy atom. The molecule has 1 aromatic carbocycles. The minimum atomic E-state index is -0.585. The Labute approximate surface area is 211 Å². The molecule has 188 valence electrons. The fourth-order valence-corrected chi connectivity index (χ4v) is 4.77. The SMILES string of the molecule is CNCC(O)COc1cccc(-c2nc(-c3cnc4cnccn34)cc(N(C)C3CCCCC3)n2)c1. The highest BCUT2D eigenvalue weighted by Gasteiger charge is 2.22. The van der Waals surface area contributed by atoms with Crippen molar-refractivity contribution in [2.45, 2.75) is 44.2 Å². The minimum Gasteiger partial charge on any atom is -0.491 e. The number of likely N-dealkylation sites (N-methyl/N-ethyl adjacent to an activating group) is 1. The molecule has 9 heteroatoms. The molecule has 0 radical (unpaired) electrons. The summed E-state index contributed by atoms with van der Waals surface area (Å²) in [6.07, 6.45) is 12.8. The number of aliphatic hydroxyl groups is 1. The number of aliphatic hydroxyl groups excluding tert-OH is 1. The van der Waals surface area contributed by atoms with E-state index in [1.54, 1.807) is 19.4 Å². The van der Waals surface area contributed by atoms with Gasteiger partial charge in [-0.1, -0.05) is 31.4 Å². The van der Waals surface area contributed by atoms with E-state index in [0.717, 1.165) is 28.4 Å². The number of anilines is 1. The molecule has 1 saturated carbocycles. The summed E-state index contributed by atoms with van der Waals surface area (Å²) in [5.74, 6) is 2.18. The number of rotatable bonds is 9. The van der Waals surface area contributed by atoms with Gasteiger partial charge >= 0.3 is 0 Å². The molecule has 0 bridgehead atoms. The lowest BCUT2D eigenvalue weighted by Crippen LogP contribution is -2.34. The lowest BCUT2D eigenvalue weighted by Gasteiger charge is -2.32. The summed E-state index contributed by atoms with van der Waals surface area (Å²) in [4.78, 5) is 20.9. The lowest BCUT2D eigenvalue weighted by atomic mass is 9.94. The van der Waals surface area contributed by atoms with Crippen LogP contribution in [0.1, 0.15) is 32.1 Å². The second-order valence-electron chi connectivity index (χ2n) is 9.34. The first-order valence-electron chi connectivity index (χ1n) is 12.6. The number of nitrogens with zero attached hydrogens (tertiary/aromatic N) is 6. The first kappa shape index (κ1) is 24.1. The molecule has 1 aliphatic carbocycles. The van der Waals surface area contributed by atoms with Crippen LogP contribution in [0.5, 0.6) is 5.75 Å². The number of benzene rings is 1. The number of aromatic nitrogens is 5. The van der Waals surface area contributed by atoms with Gasteiger partial charge in [0.15, 0.2) is 11.5 Å². The van der Waals surface area contributed by atoms with Crippen LogP contribution < -0.4 is 15.0 Å². The second kappa shape index (κ2) is 11.0. The number of imidazole rings is 1. The summed E-state index contributed by atoms with van der Waals surface area (Å²) in [7, 11) is 3.93. The van der Waals surface area contributed by atoms with Crippen molar-refractivity contribution in [3.63, 3.8) is 0 Å². The monoisotopic (exact) mass is 487 g/mol. The predicted molar refractivity (Wildman–Crippen MR) is 140 cm³/mol. The van der Waals surface area contributed by atoms with E-state index in [0.29, 0.717) is 24.2 Å². The minimum absolute atomic E-state index is 0.205. The van der Waals surface area contributed by atoms with E-state index in [-0.39, 0.29) is 6.61 Å². The Morgan fingerprint density at radius 2 is 2.03 bits per heavy atom. The van der Waals surface area contributed by atoms with Crippen molar-refractivity contribution in [2.24, 2.45) is 0 Å². The van der Waals surface area contributed by atoms with E-state index < -0.39 is 6.10 Å². The Morgan fingerprint density at radius 3 is 2.86 bits per heavy atom. The number of ether oxygens (including phenoxy) is 1. The molecule has 9 nitrogen and oxygen atoms in total. The molecule has 5 rings (SSSR count). The maximum atomic E-state index is 10.0. The van der Waals surface area contributed by atoms with Crippen LogP contribution >= 0.6 is 0 Å². The van der Waals surface area contributed by atoms with Gasteiger partial charge < -0.3 is 20.1 Å². The molecule has 0 aliphatic heterocycles. The van der Waals surface area contributed by atoms with Crippen molar-refractivity contribution in [3.05, 3.63) is 55.1 Å². The molecule has 0 amide bonds. The van der Waals surface area contributed by atoms with Crippen LogP contribution in [0, 0.1) is 0 Å². The van der Waals surface area contributed by atoms with E-state index >= 15 is 0 Å². The third kappa shape index (κ3) is 5.32. The molecule has 36 heavy (non-hydrogen) atoms. The van der Waals surface area contributed by atoms with Crippen molar-refractivity contribution >= 4 is 11.5 Å². The van der Waals surface area contributed by atoms with Crippen LogP contribution in [-0.4, -0.2) is 68.8 Å². The molecule has 0 spiro atoms. The molecular formula is C27H33N7O2. The molecule has 4 aromatic rings. The van der Waals surface area contributed by atoms with E-state index in [1.165, 1.54) is 32.1 Å². The van der Waals surface area contributed by atoms with Crippen LogP contribution in [0.3, 0.4) is 0 Å². The average Bonchev–Trinajstić information content (AvgIpc) is 3.36. The van der Waals surface area contributed by atoms with Gasteiger partial charge in [-0.3, -0.25) is 9.38 Å². The van der Waals surface area contributed by atoms with Crippen molar-refractivity contribution in [1.82, 2.24) is 29.7 Å². The zero-order valence-corrected chi connectivity index (χ0v) is 20.8. The zero-order chi connectivity index (χ0) is 24.9.